The number of anilines is 2. The van der Waals surface area contributed by atoms with Crippen LogP contribution in [0, 0.1) is 0 Å². The summed E-state index contributed by atoms with van der Waals surface area (Å²) in [5.74, 6) is 1.51. The second-order valence-corrected chi connectivity index (χ2v) is 6.77. The highest BCUT2D eigenvalue weighted by molar-refractivity contribution is 6.14. The number of hydrogen-bond acceptors (Lipinski definition) is 4. The number of carbonyl (C=O) groups excluding carboxylic acids is 1. The molecule has 1 aliphatic heterocycles. The molecule has 4 rings (SSSR count). The molecule has 0 bridgehead atoms. The molecule has 1 N–H and O–H groups in total. The standard InChI is InChI=1S/C22H23N3O2/c1-27-17-9-7-8-16(14-17)24-22(26)20-15-23-21(25-12-5-2-6-13-25)19-11-4-3-10-18(19)20/h3-4,7-11,14-15H,2,5-6,12-13H2,1H3,(H,24,26). The van der Waals surface area contributed by atoms with E-state index in [-0.39, 0.29) is 5.91 Å². The van der Waals surface area contributed by atoms with Crippen LogP contribution >= 0.6 is 0 Å². The number of methoxy groups -OCH3 is 1. The lowest BCUT2D eigenvalue weighted by atomic mass is 10.0. The van der Waals surface area contributed by atoms with E-state index in [0.717, 1.165) is 29.7 Å². The third kappa shape index (κ3) is 3.58. The number of aromatic nitrogens is 1. The van der Waals surface area contributed by atoms with Crippen molar-refractivity contribution in [3.8, 4) is 5.75 Å². The number of fused-ring (bicyclic) bond motifs is 1. The van der Waals surface area contributed by atoms with Crippen LogP contribution in [0.2, 0.25) is 0 Å². The number of rotatable bonds is 4. The predicted molar refractivity (Wildman–Crippen MR) is 109 cm³/mol. The Balaban J connectivity index is 1.68. The number of nitrogens with zero attached hydrogens (tertiary/aromatic N) is 2. The van der Waals surface area contributed by atoms with Crippen LogP contribution in [0.4, 0.5) is 11.5 Å². The smallest absolute Gasteiger partial charge is 0.257 e. The molecule has 0 unspecified atom stereocenters. The first-order valence-electron chi connectivity index (χ1n) is 9.34. The number of amides is 1. The van der Waals surface area contributed by atoms with Gasteiger partial charge in [-0.3, -0.25) is 4.79 Å². The van der Waals surface area contributed by atoms with Crippen LogP contribution in [0.15, 0.2) is 54.7 Å². The van der Waals surface area contributed by atoms with Gasteiger partial charge in [0.25, 0.3) is 5.91 Å². The van der Waals surface area contributed by atoms with Gasteiger partial charge in [0.05, 0.1) is 12.7 Å². The molecule has 138 valence electrons. The Labute approximate surface area is 159 Å². The molecule has 2 heterocycles. The molecule has 1 aliphatic rings. The molecule has 1 aromatic heterocycles. The number of benzene rings is 2. The second kappa shape index (κ2) is 7.66. The Morgan fingerprint density at radius 2 is 1.81 bits per heavy atom. The van der Waals surface area contributed by atoms with Crippen LogP contribution in [0.3, 0.4) is 0 Å². The maximum absolute atomic E-state index is 12.9. The van der Waals surface area contributed by atoms with Crippen molar-refractivity contribution in [1.82, 2.24) is 4.98 Å². The molecule has 1 amide bonds. The van der Waals surface area contributed by atoms with Gasteiger partial charge in [-0.2, -0.15) is 0 Å². The Morgan fingerprint density at radius 3 is 2.59 bits per heavy atom. The normalized spacial score (nSPS) is 14.2. The average molecular weight is 361 g/mol. The molecule has 5 nitrogen and oxygen atoms in total. The van der Waals surface area contributed by atoms with E-state index in [1.807, 2.05) is 36.4 Å². The highest BCUT2D eigenvalue weighted by atomic mass is 16.5. The number of piperidine rings is 1. The minimum Gasteiger partial charge on any atom is -0.497 e. The van der Waals surface area contributed by atoms with Crippen LogP contribution in [0.1, 0.15) is 29.6 Å². The third-order valence-corrected chi connectivity index (χ3v) is 5.00. The van der Waals surface area contributed by atoms with Gasteiger partial charge in [-0.1, -0.05) is 30.3 Å². The molecular formula is C22H23N3O2. The summed E-state index contributed by atoms with van der Waals surface area (Å²) < 4.78 is 5.23. The molecular weight excluding hydrogens is 338 g/mol. The summed E-state index contributed by atoms with van der Waals surface area (Å²) in [4.78, 5) is 19.9. The Kier molecular flexibility index (Phi) is 4.92. The fourth-order valence-corrected chi connectivity index (χ4v) is 3.62. The lowest BCUT2D eigenvalue weighted by molar-refractivity contribution is 0.102. The molecule has 27 heavy (non-hydrogen) atoms. The van der Waals surface area contributed by atoms with Crippen LogP contribution in [0.25, 0.3) is 10.8 Å². The first kappa shape index (κ1) is 17.3. The quantitative estimate of drug-likeness (QED) is 0.744. The van der Waals surface area contributed by atoms with E-state index in [9.17, 15) is 4.79 Å². The molecule has 0 radical (unpaired) electrons. The van der Waals surface area contributed by atoms with E-state index >= 15 is 0 Å². The van der Waals surface area contributed by atoms with Crippen LogP contribution < -0.4 is 15.0 Å². The molecule has 0 spiro atoms. The molecule has 2 aromatic carbocycles. The van der Waals surface area contributed by atoms with E-state index in [2.05, 4.69) is 21.3 Å². The van der Waals surface area contributed by atoms with E-state index in [0.29, 0.717) is 17.0 Å². The van der Waals surface area contributed by atoms with E-state index in [4.69, 9.17) is 4.74 Å². The van der Waals surface area contributed by atoms with Crippen molar-refractivity contribution >= 4 is 28.2 Å². The Morgan fingerprint density at radius 1 is 1.04 bits per heavy atom. The summed E-state index contributed by atoms with van der Waals surface area (Å²) in [6.07, 6.45) is 5.35. The second-order valence-electron chi connectivity index (χ2n) is 6.77. The molecule has 0 aliphatic carbocycles. The van der Waals surface area contributed by atoms with Crippen LogP contribution in [0.5, 0.6) is 5.75 Å². The maximum Gasteiger partial charge on any atom is 0.257 e. The van der Waals surface area contributed by atoms with Gasteiger partial charge in [-0.15, -0.1) is 0 Å². The largest absolute Gasteiger partial charge is 0.497 e. The number of pyridine rings is 1. The summed E-state index contributed by atoms with van der Waals surface area (Å²) in [5, 5.41) is 4.90. The average Bonchev–Trinajstić information content (AvgIpc) is 2.73. The van der Waals surface area contributed by atoms with Gasteiger partial charge in [0.1, 0.15) is 11.6 Å². The topological polar surface area (TPSA) is 54.5 Å². The number of nitrogens with one attached hydrogen (secondary N) is 1. The third-order valence-electron chi connectivity index (χ3n) is 5.00. The molecule has 5 heteroatoms. The van der Waals surface area contributed by atoms with Gasteiger partial charge in [0.15, 0.2) is 0 Å². The first-order valence-corrected chi connectivity index (χ1v) is 9.34. The minimum absolute atomic E-state index is 0.169. The minimum atomic E-state index is -0.169. The van der Waals surface area contributed by atoms with Crippen molar-refractivity contribution in [2.24, 2.45) is 0 Å². The summed E-state index contributed by atoms with van der Waals surface area (Å²) >= 11 is 0. The van der Waals surface area contributed by atoms with Crippen LogP contribution in [-0.4, -0.2) is 31.1 Å². The van der Waals surface area contributed by atoms with Crippen molar-refractivity contribution in [2.45, 2.75) is 19.3 Å². The highest BCUT2D eigenvalue weighted by Crippen LogP contribution is 2.29. The fourth-order valence-electron chi connectivity index (χ4n) is 3.62. The first-order chi connectivity index (χ1) is 13.3. The van der Waals surface area contributed by atoms with Crippen molar-refractivity contribution < 1.29 is 9.53 Å². The maximum atomic E-state index is 12.9. The van der Waals surface area contributed by atoms with E-state index in [1.54, 1.807) is 19.4 Å². The monoisotopic (exact) mass is 361 g/mol. The van der Waals surface area contributed by atoms with Crippen molar-refractivity contribution in [2.75, 3.05) is 30.4 Å². The van der Waals surface area contributed by atoms with Crippen molar-refractivity contribution in [3.05, 3.63) is 60.3 Å². The molecule has 0 atom stereocenters. The van der Waals surface area contributed by atoms with Gasteiger partial charge in [-0.05, 0) is 36.8 Å². The Bertz CT molecular complexity index is 965. The summed E-state index contributed by atoms with van der Waals surface area (Å²) in [7, 11) is 1.61. The van der Waals surface area contributed by atoms with Gasteiger partial charge < -0.3 is 15.0 Å². The lowest BCUT2D eigenvalue weighted by Gasteiger charge is -2.29. The van der Waals surface area contributed by atoms with Crippen molar-refractivity contribution in [3.63, 3.8) is 0 Å². The van der Waals surface area contributed by atoms with Crippen LogP contribution in [-0.2, 0) is 0 Å². The highest BCUT2D eigenvalue weighted by Gasteiger charge is 2.18. The summed E-state index contributed by atoms with van der Waals surface area (Å²) in [6, 6.07) is 15.4. The molecule has 3 aromatic rings. The van der Waals surface area contributed by atoms with E-state index in [1.165, 1.54) is 19.3 Å². The van der Waals surface area contributed by atoms with Gasteiger partial charge in [0.2, 0.25) is 0 Å². The van der Waals surface area contributed by atoms with E-state index < -0.39 is 0 Å². The van der Waals surface area contributed by atoms with Gasteiger partial charge in [-0.25, -0.2) is 4.98 Å². The van der Waals surface area contributed by atoms with Crippen molar-refractivity contribution in [1.29, 1.82) is 0 Å². The fraction of sp³-hybridized carbons (Fsp3) is 0.273. The lowest BCUT2D eigenvalue weighted by Crippen LogP contribution is -2.30. The number of carbonyl (C=O) groups is 1. The number of hydrogen-bond donors (Lipinski definition) is 1. The van der Waals surface area contributed by atoms with Gasteiger partial charge >= 0.3 is 0 Å². The zero-order chi connectivity index (χ0) is 18.6. The molecule has 1 fully saturated rings. The summed E-state index contributed by atoms with van der Waals surface area (Å²) in [6.45, 7) is 2.04. The predicted octanol–water partition coefficient (Wildman–Crippen LogP) is 4.49. The SMILES string of the molecule is COc1cccc(NC(=O)c2cnc(N3CCCCC3)c3ccccc23)c1. The zero-order valence-corrected chi connectivity index (χ0v) is 15.4. The summed E-state index contributed by atoms with van der Waals surface area (Å²) in [5.41, 5.74) is 1.28. The van der Waals surface area contributed by atoms with Gasteiger partial charge in [0, 0.05) is 36.4 Å². The number of ether oxygens (including phenoxy) is 1. The molecule has 0 saturated carbocycles. The zero-order valence-electron chi connectivity index (χ0n) is 15.4. The molecule has 1 saturated heterocycles. The Hall–Kier alpha value is -3.08.